The summed E-state index contributed by atoms with van der Waals surface area (Å²) in [5.41, 5.74) is 0.993. The van der Waals surface area contributed by atoms with Crippen molar-refractivity contribution in [3.63, 3.8) is 0 Å². The van der Waals surface area contributed by atoms with Crippen LogP contribution in [0.2, 0.25) is 10.0 Å². The van der Waals surface area contributed by atoms with Gasteiger partial charge >= 0.3 is 0 Å². The maximum Gasteiger partial charge on any atom is 0.155 e. The number of rotatable bonds is 4. The third-order valence-electron chi connectivity index (χ3n) is 3.06. The van der Waals surface area contributed by atoms with E-state index >= 15 is 0 Å². The van der Waals surface area contributed by atoms with Gasteiger partial charge in [-0.1, -0.05) is 47.1 Å². The van der Waals surface area contributed by atoms with Crippen LogP contribution >= 0.6 is 35.0 Å². The zero-order valence-corrected chi connectivity index (χ0v) is 15.8. The van der Waals surface area contributed by atoms with Gasteiger partial charge in [0.1, 0.15) is 11.6 Å². The van der Waals surface area contributed by atoms with Gasteiger partial charge in [0.2, 0.25) is 0 Å². The molecule has 1 heterocycles. The fourth-order valence-corrected chi connectivity index (χ4v) is 3.31. The molecule has 7 heteroatoms. The average molecular weight is 382 g/mol. The van der Waals surface area contributed by atoms with Crippen LogP contribution in [-0.4, -0.2) is 15.9 Å². The van der Waals surface area contributed by atoms with Gasteiger partial charge in [0, 0.05) is 16.7 Å². The SMILES string of the molecule is C/C=C(/C)NC(C)=Nc1cc(Sc2c(Cl)cccc2Cl)c(O)cn1. The van der Waals surface area contributed by atoms with Crippen LogP contribution < -0.4 is 5.32 Å². The van der Waals surface area contributed by atoms with Crippen molar-refractivity contribution in [2.75, 3.05) is 0 Å². The number of hydrogen-bond acceptors (Lipinski definition) is 4. The number of allylic oxidation sites excluding steroid dienone is 2. The van der Waals surface area contributed by atoms with Crippen molar-refractivity contribution < 1.29 is 5.11 Å². The number of amidine groups is 1. The summed E-state index contributed by atoms with van der Waals surface area (Å²) in [5.74, 6) is 1.23. The van der Waals surface area contributed by atoms with Crippen molar-refractivity contribution in [1.82, 2.24) is 10.3 Å². The maximum absolute atomic E-state index is 10.1. The molecule has 2 aromatic rings. The van der Waals surface area contributed by atoms with Crippen LogP contribution in [0.25, 0.3) is 0 Å². The lowest BCUT2D eigenvalue weighted by molar-refractivity contribution is 0.459. The lowest BCUT2D eigenvalue weighted by Crippen LogP contribution is -2.17. The summed E-state index contributed by atoms with van der Waals surface area (Å²) in [6.45, 7) is 5.74. The summed E-state index contributed by atoms with van der Waals surface area (Å²) in [4.78, 5) is 9.78. The van der Waals surface area contributed by atoms with E-state index in [1.54, 1.807) is 24.3 Å². The van der Waals surface area contributed by atoms with Crippen molar-refractivity contribution in [1.29, 1.82) is 0 Å². The molecular weight excluding hydrogens is 365 g/mol. The van der Waals surface area contributed by atoms with Gasteiger partial charge in [-0.15, -0.1) is 0 Å². The molecule has 126 valence electrons. The standard InChI is InChI=1S/C17H17Cl2N3OS/c1-4-10(2)21-11(3)22-16-8-15(14(23)9-20-16)24-17-12(18)6-5-7-13(17)19/h4-9,23H,1-3H3,(H,20,21,22)/b10-4-. The van der Waals surface area contributed by atoms with Crippen LogP contribution in [-0.2, 0) is 0 Å². The molecule has 0 aliphatic rings. The Morgan fingerprint density at radius 3 is 2.58 bits per heavy atom. The molecular formula is C17H17Cl2N3OS. The molecule has 24 heavy (non-hydrogen) atoms. The third-order valence-corrected chi connectivity index (χ3v) is 5.10. The number of aliphatic imine (C=N–C) groups is 1. The first-order chi connectivity index (χ1) is 11.4. The van der Waals surface area contributed by atoms with E-state index in [1.165, 1.54) is 18.0 Å². The van der Waals surface area contributed by atoms with Gasteiger partial charge in [0.05, 0.1) is 21.1 Å². The topological polar surface area (TPSA) is 57.5 Å². The Hall–Kier alpha value is -1.69. The Morgan fingerprint density at radius 1 is 1.29 bits per heavy atom. The summed E-state index contributed by atoms with van der Waals surface area (Å²) in [6, 6.07) is 6.97. The molecule has 0 saturated heterocycles. The van der Waals surface area contributed by atoms with Crippen LogP contribution in [0.4, 0.5) is 5.82 Å². The molecule has 0 amide bonds. The Kier molecular flexibility index (Phi) is 6.54. The lowest BCUT2D eigenvalue weighted by atomic mass is 10.4. The largest absolute Gasteiger partial charge is 0.505 e. The average Bonchev–Trinajstić information content (AvgIpc) is 2.53. The molecule has 0 fully saturated rings. The Labute approximate surface area is 155 Å². The molecule has 0 unspecified atom stereocenters. The van der Waals surface area contributed by atoms with E-state index in [9.17, 15) is 5.11 Å². The first kappa shape index (κ1) is 18.6. The minimum Gasteiger partial charge on any atom is -0.505 e. The van der Waals surface area contributed by atoms with E-state index in [0.29, 0.717) is 31.5 Å². The number of halogens is 2. The van der Waals surface area contributed by atoms with Crippen LogP contribution in [0, 0.1) is 0 Å². The molecule has 0 spiro atoms. The first-order valence-electron chi connectivity index (χ1n) is 7.16. The number of aromatic hydroxyl groups is 1. The Morgan fingerprint density at radius 2 is 1.96 bits per heavy atom. The van der Waals surface area contributed by atoms with Gasteiger partial charge in [-0.3, -0.25) is 0 Å². The fraction of sp³-hybridized carbons (Fsp3) is 0.176. The van der Waals surface area contributed by atoms with Gasteiger partial charge in [-0.2, -0.15) is 0 Å². The van der Waals surface area contributed by atoms with Gasteiger partial charge < -0.3 is 10.4 Å². The third kappa shape index (κ3) is 4.90. The number of hydrogen-bond donors (Lipinski definition) is 2. The van der Waals surface area contributed by atoms with Gasteiger partial charge in [0.15, 0.2) is 5.82 Å². The van der Waals surface area contributed by atoms with Gasteiger partial charge in [-0.05, 0) is 32.9 Å². The van der Waals surface area contributed by atoms with Gasteiger partial charge in [-0.25, -0.2) is 9.98 Å². The van der Waals surface area contributed by atoms with Gasteiger partial charge in [0.25, 0.3) is 0 Å². The molecule has 0 bridgehead atoms. The molecule has 4 nitrogen and oxygen atoms in total. The fourth-order valence-electron chi connectivity index (χ4n) is 1.81. The molecule has 0 saturated carbocycles. The summed E-state index contributed by atoms with van der Waals surface area (Å²) >= 11 is 13.6. The van der Waals surface area contributed by atoms with Crippen molar-refractivity contribution in [2.24, 2.45) is 4.99 Å². The lowest BCUT2D eigenvalue weighted by Gasteiger charge is -2.09. The second kappa shape index (κ2) is 8.42. The predicted octanol–water partition coefficient (Wildman–Crippen LogP) is 5.81. The van der Waals surface area contributed by atoms with Crippen molar-refractivity contribution in [2.45, 2.75) is 30.6 Å². The van der Waals surface area contributed by atoms with E-state index in [-0.39, 0.29) is 5.75 Å². The molecule has 0 aliphatic carbocycles. The Balaban J connectivity index is 2.31. The monoisotopic (exact) mass is 381 g/mol. The normalized spacial score (nSPS) is 12.4. The summed E-state index contributed by atoms with van der Waals surface area (Å²) < 4.78 is 0. The van der Waals surface area contributed by atoms with E-state index in [2.05, 4.69) is 15.3 Å². The maximum atomic E-state index is 10.1. The highest BCUT2D eigenvalue weighted by molar-refractivity contribution is 7.99. The number of benzene rings is 1. The molecule has 1 aromatic heterocycles. The smallest absolute Gasteiger partial charge is 0.155 e. The summed E-state index contributed by atoms with van der Waals surface area (Å²) in [5, 5.41) is 14.2. The molecule has 0 atom stereocenters. The minimum atomic E-state index is 0.0465. The van der Waals surface area contributed by atoms with Crippen molar-refractivity contribution in [3.05, 3.63) is 52.3 Å². The zero-order chi connectivity index (χ0) is 17.7. The van der Waals surface area contributed by atoms with Crippen LogP contribution in [0.15, 0.2) is 57.0 Å². The predicted molar refractivity (Wildman–Crippen MR) is 102 cm³/mol. The molecule has 0 radical (unpaired) electrons. The minimum absolute atomic E-state index is 0.0465. The second-order valence-electron chi connectivity index (χ2n) is 4.96. The molecule has 1 aromatic carbocycles. The van der Waals surface area contributed by atoms with Crippen molar-refractivity contribution >= 4 is 46.6 Å². The quantitative estimate of drug-likeness (QED) is 0.518. The summed E-state index contributed by atoms with van der Waals surface area (Å²) in [6.07, 6.45) is 3.31. The van der Waals surface area contributed by atoms with Crippen LogP contribution in [0.1, 0.15) is 20.8 Å². The highest BCUT2D eigenvalue weighted by Gasteiger charge is 2.12. The van der Waals surface area contributed by atoms with Crippen molar-refractivity contribution in [3.8, 4) is 5.75 Å². The number of nitrogens with zero attached hydrogens (tertiary/aromatic N) is 2. The van der Waals surface area contributed by atoms with E-state index in [4.69, 9.17) is 23.2 Å². The number of pyridine rings is 1. The van der Waals surface area contributed by atoms with E-state index < -0.39 is 0 Å². The summed E-state index contributed by atoms with van der Waals surface area (Å²) in [7, 11) is 0. The first-order valence-corrected chi connectivity index (χ1v) is 8.74. The van der Waals surface area contributed by atoms with Crippen LogP contribution in [0.5, 0.6) is 5.75 Å². The number of nitrogens with one attached hydrogen (secondary N) is 1. The van der Waals surface area contributed by atoms with Crippen LogP contribution in [0.3, 0.4) is 0 Å². The molecule has 2 rings (SSSR count). The highest BCUT2D eigenvalue weighted by atomic mass is 35.5. The Bertz CT molecular complexity index is 786. The molecule has 0 aliphatic heterocycles. The highest BCUT2D eigenvalue weighted by Crippen LogP contribution is 2.42. The zero-order valence-electron chi connectivity index (χ0n) is 13.5. The van der Waals surface area contributed by atoms with E-state index in [1.807, 2.05) is 26.8 Å². The second-order valence-corrected chi connectivity index (χ2v) is 6.82. The molecule has 2 N–H and O–H groups in total. The number of aromatic nitrogens is 1. The van der Waals surface area contributed by atoms with E-state index in [0.717, 1.165) is 5.70 Å².